The summed E-state index contributed by atoms with van der Waals surface area (Å²) in [7, 11) is 0. The predicted octanol–water partition coefficient (Wildman–Crippen LogP) is 1.40. The van der Waals surface area contributed by atoms with Crippen LogP contribution in [0, 0.1) is 0 Å². The molecule has 0 atom stereocenters. The number of benzene rings is 2. The Morgan fingerprint density at radius 2 is 1.75 bits per heavy atom. The van der Waals surface area contributed by atoms with Crippen LogP contribution < -0.4 is 11.0 Å². The van der Waals surface area contributed by atoms with Gasteiger partial charge in [-0.3, -0.25) is 4.79 Å². The van der Waals surface area contributed by atoms with Crippen molar-refractivity contribution >= 4 is 17.5 Å². The highest BCUT2D eigenvalue weighted by Gasteiger charge is 2.13. The quantitative estimate of drug-likeness (QED) is 0.759. The first-order chi connectivity index (χ1) is 11.6. The predicted molar refractivity (Wildman–Crippen MR) is 88.9 cm³/mol. The van der Waals surface area contributed by atoms with Gasteiger partial charge in [0.1, 0.15) is 6.54 Å². The number of amides is 1. The summed E-state index contributed by atoms with van der Waals surface area (Å²) in [5, 5.41) is 10.6. The van der Waals surface area contributed by atoms with Gasteiger partial charge in [-0.05, 0) is 28.1 Å². The van der Waals surface area contributed by atoms with Gasteiger partial charge in [0.15, 0.2) is 0 Å². The average Bonchev–Trinajstić information content (AvgIpc) is 2.95. The van der Waals surface area contributed by atoms with Crippen molar-refractivity contribution in [3.8, 4) is 5.69 Å². The van der Waals surface area contributed by atoms with Gasteiger partial charge in [0.05, 0.1) is 10.7 Å². The molecule has 1 aromatic heterocycles. The zero-order valence-corrected chi connectivity index (χ0v) is 13.3. The molecule has 1 heterocycles. The first-order valence-electron chi connectivity index (χ1n) is 7.23. The van der Waals surface area contributed by atoms with Crippen LogP contribution in [0.3, 0.4) is 0 Å². The molecule has 8 heteroatoms. The molecule has 0 saturated heterocycles. The number of nitrogens with zero attached hydrogens (tertiary/aromatic N) is 4. The van der Waals surface area contributed by atoms with E-state index >= 15 is 0 Å². The van der Waals surface area contributed by atoms with Crippen LogP contribution in [0.2, 0.25) is 5.02 Å². The fraction of sp³-hybridized carbons (Fsp3) is 0.125. The number of rotatable bonds is 5. The van der Waals surface area contributed by atoms with E-state index in [1.54, 1.807) is 24.3 Å². The standard InChI is InChI=1S/C16H14ClN5O2/c17-13-8-4-5-9-14(13)22-16(24)21(19-20-22)11-15(23)18-10-12-6-2-1-3-7-12/h1-9H,10-11H2,(H,18,23). The Hall–Kier alpha value is -2.93. The molecular formula is C16H14ClN5O2. The molecule has 3 rings (SSSR count). The van der Waals surface area contributed by atoms with E-state index in [0.29, 0.717) is 17.3 Å². The second-order valence-electron chi connectivity index (χ2n) is 5.04. The number of nitrogens with one attached hydrogen (secondary N) is 1. The molecule has 0 saturated carbocycles. The van der Waals surface area contributed by atoms with Crippen molar-refractivity contribution in [2.45, 2.75) is 13.1 Å². The summed E-state index contributed by atoms with van der Waals surface area (Å²) in [6.07, 6.45) is 0. The molecule has 0 spiro atoms. The Bertz CT molecular complexity index is 904. The molecule has 0 aliphatic carbocycles. The molecule has 0 aliphatic heterocycles. The van der Waals surface area contributed by atoms with Gasteiger partial charge in [-0.25, -0.2) is 4.79 Å². The lowest BCUT2D eigenvalue weighted by Crippen LogP contribution is -2.33. The van der Waals surface area contributed by atoms with E-state index in [2.05, 4.69) is 15.7 Å². The molecule has 0 bridgehead atoms. The smallest absolute Gasteiger partial charge is 0.350 e. The maximum absolute atomic E-state index is 12.3. The summed E-state index contributed by atoms with van der Waals surface area (Å²) < 4.78 is 2.05. The Morgan fingerprint density at radius 3 is 2.50 bits per heavy atom. The SMILES string of the molecule is O=C(Cn1nnn(-c2ccccc2Cl)c1=O)NCc1ccccc1. The highest BCUT2D eigenvalue weighted by molar-refractivity contribution is 6.32. The molecule has 0 aliphatic rings. The van der Waals surface area contributed by atoms with Gasteiger partial charge in [-0.2, -0.15) is 9.36 Å². The summed E-state index contributed by atoms with van der Waals surface area (Å²) in [6, 6.07) is 16.3. The average molecular weight is 344 g/mol. The van der Waals surface area contributed by atoms with Crippen LogP contribution in [0.1, 0.15) is 5.56 Å². The summed E-state index contributed by atoms with van der Waals surface area (Å²) in [5.41, 5.74) is 0.857. The molecule has 122 valence electrons. The zero-order valence-electron chi connectivity index (χ0n) is 12.6. The van der Waals surface area contributed by atoms with Crippen molar-refractivity contribution < 1.29 is 4.79 Å². The van der Waals surface area contributed by atoms with Gasteiger partial charge in [-0.1, -0.05) is 54.1 Å². The summed E-state index contributed by atoms with van der Waals surface area (Å²) in [5.74, 6) is -0.327. The number of halogens is 1. The number of hydrogen-bond donors (Lipinski definition) is 1. The van der Waals surface area contributed by atoms with Gasteiger partial charge in [0, 0.05) is 6.54 Å². The normalized spacial score (nSPS) is 10.5. The third kappa shape index (κ3) is 3.52. The lowest BCUT2D eigenvalue weighted by Gasteiger charge is -2.04. The van der Waals surface area contributed by atoms with Crippen molar-refractivity contribution in [3.05, 3.63) is 75.7 Å². The number of carbonyl (C=O) groups is 1. The van der Waals surface area contributed by atoms with Gasteiger partial charge in [0.25, 0.3) is 0 Å². The maximum Gasteiger partial charge on any atom is 0.369 e. The number of para-hydroxylation sites is 1. The molecule has 1 N–H and O–H groups in total. The van der Waals surface area contributed by atoms with Crippen molar-refractivity contribution in [2.24, 2.45) is 0 Å². The van der Waals surface area contributed by atoms with Crippen LogP contribution in [0.25, 0.3) is 5.69 Å². The van der Waals surface area contributed by atoms with Crippen LogP contribution in [-0.2, 0) is 17.9 Å². The van der Waals surface area contributed by atoms with Crippen molar-refractivity contribution in [1.29, 1.82) is 0 Å². The van der Waals surface area contributed by atoms with Gasteiger partial charge < -0.3 is 5.32 Å². The second kappa shape index (κ2) is 7.10. The zero-order chi connectivity index (χ0) is 16.9. The summed E-state index contributed by atoms with van der Waals surface area (Å²) >= 11 is 6.05. The van der Waals surface area contributed by atoms with Crippen LogP contribution in [0.4, 0.5) is 0 Å². The fourth-order valence-corrected chi connectivity index (χ4v) is 2.35. The Morgan fingerprint density at radius 1 is 1.04 bits per heavy atom. The second-order valence-corrected chi connectivity index (χ2v) is 5.45. The Balaban J connectivity index is 1.69. The van der Waals surface area contributed by atoms with E-state index in [4.69, 9.17) is 11.6 Å². The highest BCUT2D eigenvalue weighted by atomic mass is 35.5. The lowest BCUT2D eigenvalue weighted by atomic mass is 10.2. The minimum absolute atomic E-state index is 0.212. The largest absolute Gasteiger partial charge is 0.369 e. The van der Waals surface area contributed by atoms with Crippen molar-refractivity contribution in [2.75, 3.05) is 0 Å². The molecule has 2 aromatic carbocycles. The summed E-state index contributed by atoms with van der Waals surface area (Å²) in [6.45, 7) is 0.170. The molecule has 0 radical (unpaired) electrons. The highest BCUT2D eigenvalue weighted by Crippen LogP contribution is 2.16. The summed E-state index contributed by atoms with van der Waals surface area (Å²) in [4.78, 5) is 24.3. The monoisotopic (exact) mass is 343 g/mol. The van der Waals surface area contributed by atoms with Crippen molar-refractivity contribution in [3.63, 3.8) is 0 Å². The Kier molecular flexibility index (Phi) is 4.72. The van der Waals surface area contributed by atoms with Gasteiger partial charge >= 0.3 is 5.69 Å². The number of aromatic nitrogens is 4. The number of hydrogen-bond acceptors (Lipinski definition) is 4. The third-order valence-corrected chi connectivity index (χ3v) is 3.67. The molecule has 7 nitrogen and oxygen atoms in total. The molecule has 0 unspecified atom stereocenters. The van der Waals surface area contributed by atoms with Gasteiger partial charge in [0.2, 0.25) is 5.91 Å². The molecular weight excluding hydrogens is 330 g/mol. The number of tetrazole rings is 1. The van der Waals surface area contributed by atoms with Crippen molar-refractivity contribution in [1.82, 2.24) is 25.1 Å². The minimum Gasteiger partial charge on any atom is -0.350 e. The van der Waals surface area contributed by atoms with E-state index in [0.717, 1.165) is 14.9 Å². The Labute approximate surface area is 142 Å². The minimum atomic E-state index is -0.530. The molecule has 24 heavy (non-hydrogen) atoms. The van der Waals surface area contributed by atoms with E-state index in [1.165, 1.54) is 0 Å². The fourth-order valence-electron chi connectivity index (χ4n) is 2.14. The topological polar surface area (TPSA) is 81.8 Å². The third-order valence-electron chi connectivity index (χ3n) is 3.35. The first-order valence-corrected chi connectivity index (χ1v) is 7.61. The van der Waals surface area contributed by atoms with Gasteiger partial charge in [-0.15, -0.1) is 0 Å². The van der Waals surface area contributed by atoms with Crippen LogP contribution in [-0.4, -0.2) is 25.7 Å². The van der Waals surface area contributed by atoms with E-state index in [-0.39, 0.29) is 12.5 Å². The molecule has 1 amide bonds. The maximum atomic E-state index is 12.3. The molecule has 3 aromatic rings. The lowest BCUT2D eigenvalue weighted by molar-refractivity contribution is -0.122. The van der Waals surface area contributed by atoms with Crippen LogP contribution >= 0.6 is 11.6 Å². The number of carbonyl (C=O) groups excluding carboxylic acids is 1. The molecule has 0 fully saturated rings. The van der Waals surface area contributed by atoms with E-state index < -0.39 is 5.69 Å². The van der Waals surface area contributed by atoms with Crippen LogP contribution in [0.5, 0.6) is 0 Å². The van der Waals surface area contributed by atoms with E-state index in [1.807, 2.05) is 30.3 Å². The van der Waals surface area contributed by atoms with E-state index in [9.17, 15) is 9.59 Å². The first kappa shape index (κ1) is 15.9. The van der Waals surface area contributed by atoms with Crippen LogP contribution in [0.15, 0.2) is 59.4 Å².